The fourth-order valence-corrected chi connectivity index (χ4v) is 3.63. The molecule has 0 bridgehead atoms. The van der Waals surface area contributed by atoms with E-state index in [4.69, 9.17) is 16.3 Å². The molecule has 0 heterocycles. The number of benzene rings is 2. The third kappa shape index (κ3) is 7.58. The fourth-order valence-electron chi connectivity index (χ4n) is 2.72. The first-order chi connectivity index (χ1) is 14.3. The molecular weight excluding hydrogens is 420 g/mol. The molecule has 2 aromatic carbocycles. The van der Waals surface area contributed by atoms with Crippen molar-refractivity contribution in [3.05, 3.63) is 59.1 Å². The van der Waals surface area contributed by atoms with E-state index in [1.165, 1.54) is 11.8 Å². The van der Waals surface area contributed by atoms with E-state index in [9.17, 15) is 9.59 Å². The monoisotopic (exact) mass is 448 g/mol. The first kappa shape index (κ1) is 24.1. The number of nitrogens with one attached hydrogen (secondary N) is 1. The Kier molecular flexibility index (Phi) is 9.53. The topological polar surface area (TPSA) is 58.6 Å². The average Bonchev–Trinajstić information content (AvgIpc) is 2.75. The number of nitrogens with zero attached hydrogens (tertiary/aromatic N) is 1. The zero-order chi connectivity index (χ0) is 22.1. The lowest BCUT2D eigenvalue weighted by Crippen LogP contribution is -2.48. The van der Waals surface area contributed by atoms with Gasteiger partial charge in [-0.05, 0) is 54.8 Å². The summed E-state index contributed by atoms with van der Waals surface area (Å²) in [5.41, 5.74) is 0.934. The second-order valence-corrected chi connectivity index (χ2v) is 8.91. The van der Waals surface area contributed by atoms with E-state index >= 15 is 0 Å². The second-order valence-electron chi connectivity index (χ2n) is 7.43. The van der Waals surface area contributed by atoms with Crippen LogP contribution in [0.25, 0.3) is 0 Å². The van der Waals surface area contributed by atoms with Crippen LogP contribution >= 0.6 is 23.4 Å². The van der Waals surface area contributed by atoms with Gasteiger partial charge in [0.05, 0.1) is 12.9 Å². The number of carbonyl (C=O) groups excluding carboxylic acids is 2. The SMILES string of the molecule is COc1ccc(CN(C(=O)CSc2ccc(Cl)cc2)[C@@H](C)C(=O)NCC(C)C)cc1. The van der Waals surface area contributed by atoms with Crippen molar-refractivity contribution < 1.29 is 14.3 Å². The summed E-state index contributed by atoms with van der Waals surface area (Å²) >= 11 is 7.36. The van der Waals surface area contributed by atoms with E-state index in [1.54, 1.807) is 31.1 Å². The number of halogens is 1. The minimum Gasteiger partial charge on any atom is -0.497 e. The van der Waals surface area contributed by atoms with Gasteiger partial charge in [0.2, 0.25) is 11.8 Å². The van der Waals surface area contributed by atoms with Crippen molar-refractivity contribution in [3.63, 3.8) is 0 Å². The van der Waals surface area contributed by atoms with E-state index in [1.807, 2.05) is 50.2 Å². The smallest absolute Gasteiger partial charge is 0.242 e. The Bertz CT molecular complexity index is 825. The fraction of sp³-hybridized carbons (Fsp3) is 0.391. The van der Waals surface area contributed by atoms with Crippen LogP contribution in [-0.4, -0.2) is 42.2 Å². The summed E-state index contributed by atoms with van der Waals surface area (Å²) in [6.45, 7) is 6.76. The Morgan fingerprint density at radius 3 is 2.27 bits per heavy atom. The molecule has 2 rings (SSSR count). The van der Waals surface area contributed by atoms with Crippen LogP contribution in [0, 0.1) is 5.92 Å². The lowest BCUT2D eigenvalue weighted by molar-refractivity contribution is -0.138. The highest BCUT2D eigenvalue weighted by atomic mass is 35.5. The van der Waals surface area contributed by atoms with Gasteiger partial charge in [-0.3, -0.25) is 9.59 Å². The van der Waals surface area contributed by atoms with Gasteiger partial charge in [0, 0.05) is 23.0 Å². The molecule has 0 aliphatic heterocycles. The van der Waals surface area contributed by atoms with Crippen molar-refractivity contribution in [2.75, 3.05) is 19.4 Å². The molecule has 1 atom stereocenters. The van der Waals surface area contributed by atoms with Gasteiger partial charge >= 0.3 is 0 Å². The van der Waals surface area contributed by atoms with Gasteiger partial charge < -0.3 is 15.0 Å². The Morgan fingerprint density at radius 2 is 1.70 bits per heavy atom. The first-order valence-corrected chi connectivity index (χ1v) is 11.2. The molecule has 30 heavy (non-hydrogen) atoms. The summed E-state index contributed by atoms with van der Waals surface area (Å²) < 4.78 is 5.20. The van der Waals surface area contributed by atoms with Crippen LogP contribution in [0.3, 0.4) is 0 Å². The molecule has 0 aliphatic rings. The van der Waals surface area contributed by atoms with Gasteiger partial charge in [-0.1, -0.05) is 37.6 Å². The van der Waals surface area contributed by atoms with Gasteiger partial charge in [0.15, 0.2) is 0 Å². The third-order valence-electron chi connectivity index (χ3n) is 4.54. The van der Waals surface area contributed by atoms with Crippen LogP contribution in [0.4, 0.5) is 0 Å². The minimum absolute atomic E-state index is 0.0991. The third-order valence-corrected chi connectivity index (χ3v) is 5.79. The largest absolute Gasteiger partial charge is 0.497 e. The molecule has 0 aromatic heterocycles. The molecule has 7 heteroatoms. The zero-order valence-corrected chi connectivity index (χ0v) is 19.4. The van der Waals surface area contributed by atoms with Gasteiger partial charge in [0.1, 0.15) is 11.8 Å². The molecule has 0 spiro atoms. The normalized spacial score (nSPS) is 11.8. The molecule has 5 nitrogen and oxygen atoms in total. The van der Waals surface area contributed by atoms with Crippen molar-refractivity contribution in [1.29, 1.82) is 0 Å². The summed E-state index contributed by atoms with van der Waals surface area (Å²) in [7, 11) is 1.61. The number of amides is 2. The first-order valence-electron chi connectivity index (χ1n) is 9.88. The van der Waals surface area contributed by atoms with Crippen LogP contribution in [0.5, 0.6) is 5.75 Å². The number of ether oxygens (including phenoxy) is 1. The Morgan fingerprint density at radius 1 is 1.07 bits per heavy atom. The predicted octanol–water partition coefficient (Wildman–Crippen LogP) is 4.63. The summed E-state index contributed by atoms with van der Waals surface area (Å²) in [5, 5.41) is 3.58. The molecule has 1 N–H and O–H groups in total. The van der Waals surface area contributed by atoms with Gasteiger partial charge in [0.25, 0.3) is 0 Å². The van der Waals surface area contributed by atoms with Crippen LogP contribution in [0.15, 0.2) is 53.4 Å². The molecule has 2 aromatic rings. The molecule has 2 amide bonds. The Labute approximate surface area is 188 Å². The molecule has 0 saturated carbocycles. The quantitative estimate of drug-likeness (QED) is 0.538. The highest BCUT2D eigenvalue weighted by Crippen LogP contribution is 2.22. The standard InChI is InChI=1S/C23H29ClN2O3S/c1-16(2)13-25-23(28)17(3)26(14-18-5-9-20(29-4)10-6-18)22(27)15-30-21-11-7-19(24)8-12-21/h5-12,16-17H,13-15H2,1-4H3,(H,25,28)/t17-/m0/s1. The van der Waals surface area contributed by atoms with Crippen LogP contribution in [0.2, 0.25) is 5.02 Å². The molecule has 0 unspecified atom stereocenters. The number of hydrogen-bond donors (Lipinski definition) is 1. The highest BCUT2D eigenvalue weighted by molar-refractivity contribution is 8.00. The number of thioether (sulfide) groups is 1. The van der Waals surface area contributed by atoms with Crippen molar-refractivity contribution in [2.24, 2.45) is 5.92 Å². The molecule has 162 valence electrons. The summed E-state index contributed by atoms with van der Waals surface area (Å²) in [6.07, 6.45) is 0. The number of methoxy groups -OCH3 is 1. The van der Waals surface area contributed by atoms with Crippen molar-refractivity contribution >= 4 is 35.2 Å². The van der Waals surface area contributed by atoms with Crippen LogP contribution in [0.1, 0.15) is 26.3 Å². The van der Waals surface area contributed by atoms with Gasteiger partial charge in [-0.15, -0.1) is 11.8 Å². The number of hydrogen-bond acceptors (Lipinski definition) is 4. The van der Waals surface area contributed by atoms with E-state index in [-0.39, 0.29) is 17.6 Å². The lowest BCUT2D eigenvalue weighted by atomic mass is 10.1. The summed E-state index contributed by atoms with van der Waals surface area (Å²) in [5.74, 6) is 1.07. The molecule has 0 fully saturated rings. The number of rotatable bonds is 10. The van der Waals surface area contributed by atoms with Crippen LogP contribution in [-0.2, 0) is 16.1 Å². The van der Waals surface area contributed by atoms with Gasteiger partial charge in [-0.25, -0.2) is 0 Å². The van der Waals surface area contributed by atoms with Crippen molar-refractivity contribution in [2.45, 2.75) is 38.3 Å². The van der Waals surface area contributed by atoms with E-state index in [0.29, 0.717) is 24.0 Å². The number of carbonyl (C=O) groups is 2. The minimum atomic E-state index is -0.579. The van der Waals surface area contributed by atoms with Crippen molar-refractivity contribution in [3.8, 4) is 5.75 Å². The van der Waals surface area contributed by atoms with E-state index in [2.05, 4.69) is 5.32 Å². The summed E-state index contributed by atoms with van der Waals surface area (Å²) in [6, 6.07) is 14.3. The van der Waals surface area contributed by atoms with E-state index < -0.39 is 6.04 Å². The Balaban J connectivity index is 2.12. The summed E-state index contributed by atoms with van der Waals surface area (Å²) in [4.78, 5) is 28.3. The molecule has 0 saturated heterocycles. The van der Waals surface area contributed by atoms with E-state index in [0.717, 1.165) is 16.2 Å². The Hall–Kier alpha value is -2.18. The lowest BCUT2D eigenvalue weighted by Gasteiger charge is -2.29. The van der Waals surface area contributed by atoms with Crippen LogP contribution < -0.4 is 10.1 Å². The molecular formula is C23H29ClN2O3S. The van der Waals surface area contributed by atoms with Crippen molar-refractivity contribution in [1.82, 2.24) is 10.2 Å². The van der Waals surface area contributed by atoms with Gasteiger partial charge in [-0.2, -0.15) is 0 Å². The average molecular weight is 449 g/mol. The predicted molar refractivity (Wildman–Crippen MR) is 123 cm³/mol. The maximum atomic E-state index is 13.1. The molecule has 0 radical (unpaired) electrons. The second kappa shape index (κ2) is 11.9. The molecule has 0 aliphatic carbocycles. The maximum Gasteiger partial charge on any atom is 0.242 e. The maximum absolute atomic E-state index is 13.1. The zero-order valence-electron chi connectivity index (χ0n) is 17.9. The highest BCUT2D eigenvalue weighted by Gasteiger charge is 2.26.